The Balaban J connectivity index is 1.61. The van der Waals surface area contributed by atoms with E-state index in [2.05, 4.69) is 26.7 Å². The van der Waals surface area contributed by atoms with Crippen LogP contribution in [0.3, 0.4) is 0 Å². The van der Waals surface area contributed by atoms with Gasteiger partial charge in [-0.3, -0.25) is 4.90 Å². The van der Waals surface area contributed by atoms with Crippen LogP contribution >= 0.6 is 0 Å². The molecule has 4 rings (SSSR count). The van der Waals surface area contributed by atoms with Gasteiger partial charge in [0.05, 0.1) is 30.1 Å². The van der Waals surface area contributed by atoms with Gasteiger partial charge in [-0.15, -0.1) is 0 Å². The van der Waals surface area contributed by atoms with Crippen molar-refractivity contribution in [2.75, 3.05) is 31.9 Å². The van der Waals surface area contributed by atoms with Crippen LogP contribution in [0.5, 0.6) is 0 Å². The molecule has 2 aromatic heterocycles. The highest BCUT2D eigenvalue weighted by Gasteiger charge is 2.44. The Morgan fingerprint density at radius 2 is 1.92 bits per heavy atom. The molecule has 138 valence electrons. The molecule has 0 spiro atoms. The first-order chi connectivity index (χ1) is 12.6. The van der Waals surface area contributed by atoms with Gasteiger partial charge in [0.25, 0.3) is 0 Å². The number of rotatable bonds is 4. The van der Waals surface area contributed by atoms with Crippen LogP contribution in [0.4, 0.5) is 5.82 Å². The van der Waals surface area contributed by atoms with Crippen molar-refractivity contribution in [1.29, 1.82) is 0 Å². The molecular weight excluding hydrogens is 336 g/mol. The molecule has 0 bridgehead atoms. The predicted molar refractivity (Wildman–Crippen MR) is 95.0 cm³/mol. The number of aliphatic hydroxyl groups is 2. The van der Waals surface area contributed by atoms with Crippen molar-refractivity contribution in [3.05, 3.63) is 18.1 Å². The molecule has 0 saturated carbocycles. The lowest BCUT2D eigenvalue weighted by Gasteiger charge is -2.16. The highest BCUT2D eigenvalue weighted by Crippen LogP contribution is 2.28. The summed E-state index contributed by atoms with van der Waals surface area (Å²) in [5, 5.41) is 21.3. The summed E-state index contributed by atoms with van der Waals surface area (Å²) in [6.07, 6.45) is 0.387. The third-order valence-corrected chi connectivity index (χ3v) is 4.82. The number of anilines is 1. The molecule has 4 heterocycles. The van der Waals surface area contributed by atoms with E-state index >= 15 is 0 Å². The Labute approximate surface area is 150 Å². The number of ether oxygens (including phenoxy) is 1. The molecule has 6 N–H and O–H groups in total. The molecule has 2 saturated heterocycles. The third kappa shape index (κ3) is 3.13. The Hall–Kier alpha value is -2.22. The molecule has 0 aromatic carbocycles. The second-order valence-corrected chi connectivity index (χ2v) is 6.65. The molecule has 2 aliphatic rings. The molecule has 0 radical (unpaired) electrons. The van der Waals surface area contributed by atoms with Crippen molar-refractivity contribution in [2.24, 2.45) is 5.73 Å². The number of fused-ring (bicyclic) bond motifs is 1. The maximum absolute atomic E-state index is 10.4. The summed E-state index contributed by atoms with van der Waals surface area (Å²) in [5.74, 6) is 6.13. The van der Waals surface area contributed by atoms with E-state index in [1.807, 2.05) is 4.57 Å². The predicted octanol–water partition coefficient (Wildman–Crippen LogP) is -1.87. The van der Waals surface area contributed by atoms with Crippen LogP contribution in [0.25, 0.3) is 11.0 Å². The van der Waals surface area contributed by atoms with E-state index in [1.54, 1.807) is 6.20 Å². The second-order valence-electron chi connectivity index (χ2n) is 6.65. The Morgan fingerprint density at radius 3 is 2.62 bits per heavy atom. The molecule has 9 heteroatoms. The van der Waals surface area contributed by atoms with Crippen LogP contribution < -0.4 is 11.5 Å². The highest BCUT2D eigenvalue weighted by atomic mass is 16.5. The summed E-state index contributed by atoms with van der Waals surface area (Å²) < 4.78 is 7.74. The van der Waals surface area contributed by atoms with Gasteiger partial charge in [0, 0.05) is 25.8 Å². The third-order valence-electron chi connectivity index (χ3n) is 4.82. The first-order valence-electron chi connectivity index (χ1n) is 8.60. The topological polar surface area (TPSA) is 135 Å². The largest absolute Gasteiger partial charge is 0.388 e. The van der Waals surface area contributed by atoms with Crippen molar-refractivity contribution in [2.45, 2.75) is 31.0 Å². The van der Waals surface area contributed by atoms with Gasteiger partial charge in [-0.2, -0.15) is 0 Å². The normalized spacial score (nSPS) is 28.3. The summed E-state index contributed by atoms with van der Waals surface area (Å²) in [4.78, 5) is 10.5. The number of hydrogen-bond acceptors (Lipinski definition) is 8. The molecule has 0 aliphatic carbocycles. The zero-order valence-corrected chi connectivity index (χ0v) is 14.2. The van der Waals surface area contributed by atoms with Crippen molar-refractivity contribution >= 4 is 16.9 Å². The summed E-state index contributed by atoms with van der Waals surface area (Å²) in [5.41, 5.74) is 12.7. The SMILES string of the molecule is NCC#Cc1cn(C[C@@H]2O[C@H](CN3CC3)C(O)[C@@H]2O)c2ncnc(N)c12. The molecular formula is C17H22N6O3. The fourth-order valence-corrected chi connectivity index (χ4v) is 3.36. The lowest BCUT2D eigenvalue weighted by molar-refractivity contribution is -0.00476. The molecule has 4 atom stereocenters. The Bertz CT molecular complexity index is 868. The van der Waals surface area contributed by atoms with E-state index in [0.717, 1.165) is 13.1 Å². The average Bonchev–Trinajstić information content (AvgIpc) is 3.32. The molecule has 9 nitrogen and oxygen atoms in total. The molecule has 0 amide bonds. The minimum atomic E-state index is -0.963. The van der Waals surface area contributed by atoms with Gasteiger partial charge < -0.3 is 31.0 Å². The first kappa shape index (κ1) is 17.2. The van der Waals surface area contributed by atoms with Crippen LogP contribution in [-0.4, -0.2) is 80.2 Å². The molecule has 1 unspecified atom stereocenters. The van der Waals surface area contributed by atoms with Gasteiger partial charge in [0.2, 0.25) is 0 Å². The first-order valence-corrected chi connectivity index (χ1v) is 8.60. The van der Waals surface area contributed by atoms with Crippen LogP contribution in [-0.2, 0) is 11.3 Å². The van der Waals surface area contributed by atoms with E-state index in [1.165, 1.54) is 6.33 Å². The lowest BCUT2D eigenvalue weighted by Crippen LogP contribution is -2.36. The van der Waals surface area contributed by atoms with Crippen molar-refractivity contribution in [1.82, 2.24) is 19.4 Å². The van der Waals surface area contributed by atoms with Gasteiger partial charge in [-0.25, -0.2) is 9.97 Å². The van der Waals surface area contributed by atoms with Crippen molar-refractivity contribution in [3.8, 4) is 11.8 Å². The zero-order valence-electron chi connectivity index (χ0n) is 14.2. The minimum absolute atomic E-state index is 0.231. The van der Waals surface area contributed by atoms with Crippen molar-refractivity contribution in [3.63, 3.8) is 0 Å². The van der Waals surface area contributed by atoms with Gasteiger partial charge in [0.1, 0.15) is 36.1 Å². The number of hydrogen-bond donors (Lipinski definition) is 4. The fourth-order valence-electron chi connectivity index (χ4n) is 3.36. The van der Waals surface area contributed by atoms with Gasteiger partial charge >= 0.3 is 0 Å². The Kier molecular flexibility index (Phi) is 4.52. The number of nitrogens with two attached hydrogens (primary N) is 2. The highest BCUT2D eigenvalue weighted by molar-refractivity contribution is 5.92. The zero-order chi connectivity index (χ0) is 18.3. The minimum Gasteiger partial charge on any atom is -0.388 e. The van der Waals surface area contributed by atoms with Crippen LogP contribution in [0, 0.1) is 11.8 Å². The number of aliphatic hydroxyl groups excluding tert-OH is 2. The standard InChI is InChI=1S/C17H22N6O3/c18-3-1-2-10-6-23(17-13(10)16(19)20-9-21-17)8-12-15(25)14(24)11(26-12)7-22-4-5-22/h6,9,11-12,14-15,24-25H,3-5,7-8,18H2,(H2,19,20,21)/t11-,12+,14?,15-/m1/s1. The summed E-state index contributed by atoms with van der Waals surface area (Å²) >= 11 is 0. The monoisotopic (exact) mass is 358 g/mol. The van der Waals surface area contributed by atoms with Gasteiger partial charge in [0.15, 0.2) is 0 Å². The lowest BCUT2D eigenvalue weighted by atomic mass is 10.1. The quantitative estimate of drug-likeness (QED) is 0.369. The number of aromatic nitrogens is 3. The second kappa shape index (κ2) is 6.83. The van der Waals surface area contributed by atoms with E-state index in [0.29, 0.717) is 35.5 Å². The summed E-state index contributed by atoms with van der Waals surface area (Å²) in [7, 11) is 0. The molecule has 2 aromatic rings. The van der Waals surface area contributed by atoms with E-state index in [4.69, 9.17) is 16.2 Å². The fraction of sp³-hybridized carbons (Fsp3) is 0.529. The van der Waals surface area contributed by atoms with E-state index < -0.39 is 24.4 Å². The molecule has 2 aliphatic heterocycles. The Morgan fingerprint density at radius 1 is 1.19 bits per heavy atom. The molecule has 26 heavy (non-hydrogen) atoms. The summed E-state index contributed by atoms with van der Waals surface area (Å²) in [6.45, 7) is 3.20. The van der Waals surface area contributed by atoms with Crippen molar-refractivity contribution < 1.29 is 14.9 Å². The maximum Gasteiger partial charge on any atom is 0.146 e. The van der Waals surface area contributed by atoms with Crippen LogP contribution in [0.1, 0.15) is 5.56 Å². The van der Waals surface area contributed by atoms with E-state index in [9.17, 15) is 10.2 Å². The van der Waals surface area contributed by atoms with Gasteiger partial charge in [-0.05, 0) is 0 Å². The number of nitrogens with zero attached hydrogens (tertiary/aromatic N) is 4. The van der Waals surface area contributed by atoms with Crippen LogP contribution in [0.2, 0.25) is 0 Å². The average molecular weight is 358 g/mol. The maximum atomic E-state index is 10.4. The van der Waals surface area contributed by atoms with Gasteiger partial charge in [-0.1, -0.05) is 11.8 Å². The van der Waals surface area contributed by atoms with Crippen LogP contribution in [0.15, 0.2) is 12.5 Å². The summed E-state index contributed by atoms with van der Waals surface area (Å²) in [6, 6.07) is 0. The smallest absolute Gasteiger partial charge is 0.146 e. The number of nitrogen functional groups attached to an aromatic ring is 1. The molecule has 2 fully saturated rings. The van der Waals surface area contributed by atoms with E-state index in [-0.39, 0.29) is 6.54 Å².